The molecule has 0 spiro atoms. The Hall–Kier alpha value is -3.72. The first-order valence-corrected chi connectivity index (χ1v) is 11.4. The third-order valence-electron chi connectivity index (χ3n) is 6.53. The van der Waals surface area contributed by atoms with Gasteiger partial charge in [0.05, 0.1) is 6.42 Å². The summed E-state index contributed by atoms with van der Waals surface area (Å²) in [5.41, 5.74) is 6.25. The average Bonchev–Trinajstić information content (AvgIpc) is 3.28. The quantitative estimate of drug-likeness (QED) is 0.351. The highest BCUT2D eigenvalue weighted by atomic mass is 19.1. The molecule has 0 saturated heterocycles. The molecule has 0 bridgehead atoms. The van der Waals surface area contributed by atoms with Gasteiger partial charge in [-0.3, -0.25) is 4.79 Å². The van der Waals surface area contributed by atoms with E-state index in [1.54, 1.807) is 12.1 Å². The summed E-state index contributed by atoms with van der Waals surface area (Å²) in [6.07, 6.45) is 1.89. The number of carbonyl (C=O) groups excluding carboxylic acids is 1. The first-order chi connectivity index (χ1) is 16.2. The summed E-state index contributed by atoms with van der Waals surface area (Å²) in [7, 11) is 0. The minimum atomic E-state index is -0.268. The number of nitrogens with zero attached hydrogens (tertiary/aromatic N) is 1. The number of amides is 1. The SMILES string of the molecule is O=C(Cc1ccccc1-c1ccccc1)N(Cc1ccccc1F)C1Cc2ccccc2C1. The van der Waals surface area contributed by atoms with Crippen LogP contribution < -0.4 is 0 Å². The van der Waals surface area contributed by atoms with Gasteiger partial charge in [0.1, 0.15) is 5.82 Å². The molecule has 164 valence electrons. The van der Waals surface area contributed by atoms with Crippen LogP contribution in [0.15, 0.2) is 103 Å². The highest BCUT2D eigenvalue weighted by Gasteiger charge is 2.30. The van der Waals surface area contributed by atoms with Crippen LogP contribution in [0, 0.1) is 5.82 Å². The maximum atomic E-state index is 14.5. The minimum Gasteiger partial charge on any atom is -0.334 e. The van der Waals surface area contributed by atoms with Crippen LogP contribution in [0.5, 0.6) is 0 Å². The Labute approximate surface area is 194 Å². The van der Waals surface area contributed by atoms with Gasteiger partial charge >= 0.3 is 0 Å². The van der Waals surface area contributed by atoms with Crippen LogP contribution in [0.2, 0.25) is 0 Å². The molecule has 0 atom stereocenters. The van der Waals surface area contributed by atoms with Crippen LogP contribution in [-0.4, -0.2) is 16.8 Å². The topological polar surface area (TPSA) is 20.3 Å². The van der Waals surface area contributed by atoms with Crippen LogP contribution in [0.4, 0.5) is 4.39 Å². The summed E-state index contributed by atoms with van der Waals surface area (Å²) in [5.74, 6) is -0.241. The Morgan fingerprint density at radius 2 is 1.30 bits per heavy atom. The lowest BCUT2D eigenvalue weighted by Crippen LogP contribution is -2.41. The van der Waals surface area contributed by atoms with E-state index in [-0.39, 0.29) is 30.7 Å². The Morgan fingerprint density at radius 1 is 0.727 bits per heavy atom. The van der Waals surface area contributed by atoms with Gasteiger partial charge in [0.25, 0.3) is 0 Å². The molecule has 0 radical (unpaired) electrons. The molecule has 0 aliphatic heterocycles. The van der Waals surface area contributed by atoms with Crippen molar-refractivity contribution in [3.05, 3.63) is 131 Å². The first kappa shape index (κ1) is 21.1. The van der Waals surface area contributed by atoms with E-state index < -0.39 is 0 Å². The molecule has 3 heteroatoms. The van der Waals surface area contributed by atoms with E-state index in [2.05, 4.69) is 30.3 Å². The molecule has 5 rings (SSSR count). The third-order valence-corrected chi connectivity index (χ3v) is 6.53. The molecule has 1 aliphatic carbocycles. The van der Waals surface area contributed by atoms with Gasteiger partial charge in [-0.1, -0.05) is 97.1 Å². The number of carbonyl (C=O) groups is 1. The summed E-state index contributed by atoms with van der Waals surface area (Å²) in [6, 6.07) is 33.3. The first-order valence-electron chi connectivity index (χ1n) is 11.4. The third kappa shape index (κ3) is 4.58. The molecular formula is C30H26FNO. The standard InChI is InChI=1S/C30H26FNO/c31-29-17-9-7-15-26(29)21-32(27-18-23-12-4-5-13-24(23)19-27)30(33)20-25-14-6-8-16-28(25)22-10-2-1-3-11-22/h1-17,27H,18-21H2. The van der Waals surface area contributed by atoms with E-state index in [1.165, 1.54) is 17.2 Å². The Kier molecular flexibility index (Phi) is 6.03. The Balaban J connectivity index is 1.45. The molecule has 0 aromatic heterocycles. The van der Waals surface area contributed by atoms with Gasteiger partial charge in [-0.25, -0.2) is 4.39 Å². The van der Waals surface area contributed by atoms with Crippen LogP contribution in [-0.2, 0) is 30.6 Å². The lowest BCUT2D eigenvalue weighted by Gasteiger charge is -2.30. The number of hydrogen-bond donors (Lipinski definition) is 0. The van der Waals surface area contributed by atoms with E-state index in [1.807, 2.05) is 59.5 Å². The molecule has 0 unspecified atom stereocenters. The largest absolute Gasteiger partial charge is 0.334 e. The van der Waals surface area contributed by atoms with E-state index in [4.69, 9.17) is 0 Å². The lowest BCUT2D eigenvalue weighted by atomic mass is 9.97. The monoisotopic (exact) mass is 435 g/mol. The maximum Gasteiger partial charge on any atom is 0.227 e. The van der Waals surface area contributed by atoms with Gasteiger partial charge in [-0.2, -0.15) is 0 Å². The second-order valence-corrected chi connectivity index (χ2v) is 8.64. The van der Waals surface area contributed by atoms with E-state index in [0.29, 0.717) is 5.56 Å². The average molecular weight is 436 g/mol. The summed E-state index contributed by atoms with van der Waals surface area (Å²) in [6.45, 7) is 0.275. The fourth-order valence-electron chi connectivity index (χ4n) is 4.83. The molecule has 4 aromatic carbocycles. The normalized spacial score (nSPS) is 13.0. The Morgan fingerprint density at radius 3 is 2.00 bits per heavy atom. The molecule has 0 N–H and O–H groups in total. The van der Waals surface area contributed by atoms with Crippen LogP contribution in [0.1, 0.15) is 22.3 Å². The van der Waals surface area contributed by atoms with E-state index in [0.717, 1.165) is 29.5 Å². The van der Waals surface area contributed by atoms with Crippen LogP contribution in [0.3, 0.4) is 0 Å². The molecule has 0 saturated carbocycles. The van der Waals surface area contributed by atoms with Gasteiger partial charge in [0, 0.05) is 18.2 Å². The van der Waals surface area contributed by atoms with Crippen molar-refractivity contribution in [2.75, 3.05) is 0 Å². The second kappa shape index (κ2) is 9.41. The molecule has 0 heterocycles. The van der Waals surface area contributed by atoms with Gasteiger partial charge in [-0.15, -0.1) is 0 Å². The summed E-state index contributed by atoms with van der Waals surface area (Å²) in [4.78, 5) is 15.6. The summed E-state index contributed by atoms with van der Waals surface area (Å²) in [5, 5.41) is 0. The zero-order valence-electron chi connectivity index (χ0n) is 18.5. The van der Waals surface area contributed by atoms with Gasteiger partial charge < -0.3 is 4.90 Å². The van der Waals surface area contributed by atoms with Crippen LogP contribution in [0.25, 0.3) is 11.1 Å². The fourth-order valence-corrected chi connectivity index (χ4v) is 4.83. The van der Waals surface area contributed by atoms with Crippen molar-refractivity contribution < 1.29 is 9.18 Å². The molecule has 0 fully saturated rings. The molecule has 1 aliphatic rings. The van der Waals surface area contributed by atoms with Crippen molar-refractivity contribution >= 4 is 5.91 Å². The lowest BCUT2D eigenvalue weighted by molar-refractivity contribution is -0.133. The van der Waals surface area contributed by atoms with Crippen molar-refractivity contribution in [2.45, 2.75) is 31.8 Å². The number of benzene rings is 4. The van der Waals surface area contributed by atoms with Crippen molar-refractivity contribution in [1.82, 2.24) is 4.90 Å². The molecular weight excluding hydrogens is 409 g/mol. The van der Waals surface area contributed by atoms with Crippen molar-refractivity contribution in [2.24, 2.45) is 0 Å². The predicted molar refractivity (Wildman–Crippen MR) is 130 cm³/mol. The molecule has 4 aromatic rings. The number of fused-ring (bicyclic) bond motifs is 1. The van der Waals surface area contributed by atoms with Crippen LogP contribution >= 0.6 is 0 Å². The smallest absolute Gasteiger partial charge is 0.227 e. The highest BCUT2D eigenvalue weighted by Crippen LogP contribution is 2.29. The molecule has 2 nitrogen and oxygen atoms in total. The summed E-state index contributed by atoms with van der Waals surface area (Å²) >= 11 is 0. The fraction of sp³-hybridized carbons (Fsp3) is 0.167. The van der Waals surface area contributed by atoms with Gasteiger partial charge in [0.2, 0.25) is 5.91 Å². The maximum absolute atomic E-state index is 14.5. The molecule has 1 amide bonds. The van der Waals surface area contributed by atoms with Gasteiger partial charge in [0.15, 0.2) is 0 Å². The van der Waals surface area contributed by atoms with Crippen molar-refractivity contribution in [3.8, 4) is 11.1 Å². The number of rotatable bonds is 6. The molecule has 33 heavy (non-hydrogen) atoms. The van der Waals surface area contributed by atoms with Gasteiger partial charge in [-0.05, 0) is 46.7 Å². The Bertz CT molecular complexity index is 1240. The number of hydrogen-bond acceptors (Lipinski definition) is 1. The van der Waals surface area contributed by atoms with Crippen molar-refractivity contribution in [3.63, 3.8) is 0 Å². The predicted octanol–water partition coefficient (Wildman–Crippen LogP) is 6.23. The van der Waals surface area contributed by atoms with E-state index >= 15 is 0 Å². The zero-order valence-corrected chi connectivity index (χ0v) is 18.5. The summed E-state index contributed by atoms with van der Waals surface area (Å²) < 4.78 is 14.5. The van der Waals surface area contributed by atoms with Crippen molar-refractivity contribution in [1.29, 1.82) is 0 Å². The number of halogens is 1. The minimum absolute atomic E-state index is 0.0263. The van der Waals surface area contributed by atoms with E-state index in [9.17, 15) is 9.18 Å². The zero-order chi connectivity index (χ0) is 22.6. The second-order valence-electron chi connectivity index (χ2n) is 8.64. The highest BCUT2D eigenvalue weighted by molar-refractivity contribution is 5.82.